The van der Waals surface area contributed by atoms with Crippen LogP contribution in [-0.2, 0) is 6.54 Å². The van der Waals surface area contributed by atoms with Crippen molar-refractivity contribution in [3.05, 3.63) is 56.9 Å². The second-order valence-electron chi connectivity index (χ2n) is 5.71. The number of fused-ring (bicyclic) bond motifs is 1. The molecule has 1 amide bonds. The Balaban J connectivity index is 1.94. The third-order valence-electron chi connectivity index (χ3n) is 4.09. The van der Waals surface area contributed by atoms with Crippen molar-refractivity contribution in [2.24, 2.45) is 0 Å². The molecule has 130 valence electrons. The normalized spacial score (nSPS) is 10.9. The first-order valence-corrected chi connectivity index (χ1v) is 9.20. The molecule has 0 saturated carbocycles. The fourth-order valence-corrected chi connectivity index (χ4v) is 3.82. The second kappa shape index (κ2) is 7.42. The van der Waals surface area contributed by atoms with Crippen LogP contribution < -0.4 is 4.74 Å². The Hall–Kier alpha value is -2.11. The van der Waals surface area contributed by atoms with Gasteiger partial charge in [-0.05, 0) is 50.2 Å². The van der Waals surface area contributed by atoms with Crippen LogP contribution in [0.5, 0.6) is 5.75 Å². The van der Waals surface area contributed by atoms with Crippen molar-refractivity contribution in [2.45, 2.75) is 20.4 Å². The van der Waals surface area contributed by atoms with Crippen LogP contribution in [0.3, 0.4) is 0 Å². The van der Waals surface area contributed by atoms with Gasteiger partial charge in [-0.1, -0.05) is 11.6 Å². The fourth-order valence-electron chi connectivity index (χ4n) is 2.72. The van der Waals surface area contributed by atoms with Crippen molar-refractivity contribution in [2.75, 3.05) is 13.7 Å². The number of aromatic nitrogens is 1. The van der Waals surface area contributed by atoms with E-state index in [1.807, 2.05) is 50.2 Å². The number of thiophene rings is 1. The standard InChI is InChI=1S/C19H19ClN2O2S/c1-4-22(11-15-6-8-18(20)25-15)19(23)16-10-13-9-14(24-3)5-7-17(13)21-12(16)2/h5-10H,4,11H2,1-3H3. The predicted octanol–water partition coefficient (Wildman–Crippen LogP) is 4.93. The number of hydrogen-bond donors (Lipinski definition) is 0. The van der Waals surface area contributed by atoms with Gasteiger partial charge in [-0.2, -0.15) is 0 Å². The summed E-state index contributed by atoms with van der Waals surface area (Å²) in [6.45, 7) is 5.00. The van der Waals surface area contributed by atoms with E-state index in [1.165, 1.54) is 11.3 Å². The van der Waals surface area contributed by atoms with Crippen molar-refractivity contribution in [3.63, 3.8) is 0 Å². The maximum absolute atomic E-state index is 13.0. The summed E-state index contributed by atoms with van der Waals surface area (Å²) in [5, 5.41) is 0.892. The van der Waals surface area contributed by atoms with Gasteiger partial charge in [-0.3, -0.25) is 9.78 Å². The molecular formula is C19H19ClN2O2S. The molecule has 2 heterocycles. The first kappa shape index (κ1) is 17.7. The molecule has 0 atom stereocenters. The summed E-state index contributed by atoms with van der Waals surface area (Å²) in [7, 11) is 1.62. The lowest BCUT2D eigenvalue weighted by Crippen LogP contribution is -2.30. The molecule has 0 bridgehead atoms. The van der Waals surface area contributed by atoms with Crippen LogP contribution in [0.25, 0.3) is 10.9 Å². The van der Waals surface area contributed by atoms with Gasteiger partial charge in [0.25, 0.3) is 5.91 Å². The van der Waals surface area contributed by atoms with Gasteiger partial charge in [0.2, 0.25) is 0 Å². The largest absolute Gasteiger partial charge is 0.497 e. The molecule has 1 aromatic carbocycles. The molecule has 3 rings (SSSR count). The average molecular weight is 375 g/mol. The summed E-state index contributed by atoms with van der Waals surface area (Å²) in [5.41, 5.74) is 2.19. The Labute approximate surface area is 156 Å². The van der Waals surface area contributed by atoms with Crippen molar-refractivity contribution < 1.29 is 9.53 Å². The molecule has 0 N–H and O–H groups in total. The molecule has 0 radical (unpaired) electrons. The monoisotopic (exact) mass is 374 g/mol. The number of halogens is 1. The number of carbonyl (C=O) groups is 1. The van der Waals surface area contributed by atoms with Crippen LogP contribution in [0.4, 0.5) is 0 Å². The molecule has 0 aliphatic heterocycles. The molecule has 3 aromatic rings. The fraction of sp³-hybridized carbons (Fsp3) is 0.263. The number of hydrogen-bond acceptors (Lipinski definition) is 4. The first-order valence-electron chi connectivity index (χ1n) is 8.00. The molecule has 0 saturated heterocycles. The quantitative estimate of drug-likeness (QED) is 0.636. The van der Waals surface area contributed by atoms with Crippen molar-refractivity contribution >= 4 is 39.7 Å². The van der Waals surface area contributed by atoms with Crippen LogP contribution in [0.2, 0.25) is 4.34 Å². The zero-order valence-electron chi connectivity index (χ0n) is 14.4. The molecule has 6 heteroatoms. The highest BCUT2D eigenvalue weighted by atomic mass is 35.5. The van der Waals surface area contributed by atoms with E-state index in [0.29, 0.717) is 18.7 Å². The van der Waals surface area contributed by atoms with Crippen LogP contribution in [-0.4, -0.2) is 29.4 Å². The van der Waals surface area contributed by atoms with E-state index in [2.05, 4.69) is 4.98 Å². The zero-order chi connectivity index (χ0) is 18.0. The van der Waals surface area contributed by atoms with E-state index in [1.54, 1.807) is 12.0 Å². The van der Waals surface area contributed by atoms with Gasteiger partial charge in [-0.25, -0.2) is 0 Å². The first-order chi connectivity index (χ1) is 12.0. The molecule has 4 nitrogen and oxygen atoms in total. The van der Waals surface area contributed by atoms with Gasteiger partial charge in [0, 0.05) is 16.8 Å². The Morgan fingerprint density at radius 1 is 1.28 bits per heavy atom. The maximum Gasteiger partial charge on any atom is 0.256 e. The highest BCUT2D eigenvalue weighted by Gasteiger charge is 2.19. The third kappa shape index (κ3) is 3.78. The number of benzene rings is 1. The second-order valence-corrected chi connectivity index (χ2v) is 7.50. The number of carbonyl (C=O) groups excluding carboxylic acids is 1. The van der Waals surface area contributed by atoms with Crippen LogP contribution >= 0.6 is 22.9 Å². The van der Waals surface area contributed by atoms with Gasteiger partial charge in [-0.15, -0.1) is 11.3 Å². The molecule has 0 aliphatic carbocycles. The number of amides is 1. The minimum Gasteiger partial charge on any atom is -0.497 e. The minimum atomic E-state index is -0.0262. The number of methoxy groups -OCH3 is 1. The van der Waals surface area contributed by atoms with Gasteiger partial charge >= 0.3 is 0 Å². The number of aryl methyl sites for hydroxylation is 1. The van der Waals surface area contributed by atoms with Gasteiger partial charge in [0.15, 0.2) is 0 Å². The Bertz CT molecular complexity index is 923. The molecule has 0 fully saturated rings. The third-order valence-corrected chi connectivity index (χ3v) is 5.30. The molecule has 0 aliphatic rings. The lowest BCUT2D eigenvalue weighted by atomic mass is 10.1. The summed E-state index contributed by atoms with van der Waals surface area (Å²) in [6.07, 6.45) is 0. The minimum absolute atomic E-state index is 0.0262. The van der Waals surface area contributed by atoms with Crippen molar-refractivity contribution in [1.29, 1.82) is 0 Å². The Kier molecular flexibility index (Phi) is 5.25. The summed E-state index contributed by atoms with van der Waals surface area (Å²) in [4.78, 5) is 20.5. The number of ether oxygens (including phenoxy) is 1. The molecule has 2 aromatic heterocycles. The van der Waals surface area contributed by atoms with Crippen molar-refractivity contribution in [1.82, 2.24) is 9.88 Å². The van der Waals surface area contributed by atoms with E-state index in [-0.39, 0.29) is 5.91 Å². The van der Waals surface area contributed by atoms with E-state index >= 15 is 0 Å². The van der Waals surface area contributed by atoms with E-state index in [4.69, 9.17) is 16.3 Å². The summed E-state index contributed by atoms with van der Waals surface area (Å²) in [5.74, 6) is 0.721. The maximum atomic E-state index is 13.0. The van der Waals surface area contributed by atoms with Gasteiger partial charge in [0.1, 0.15) is 5.75 Å². The van der Waals surface area contributed by atoms with Crippen molar-refractivity contribution in [3.8, 4) is 5.75 Å². The Morgan fingerprint density at radius 2 is 2.08 bits per heavy atom. The molecular weight excluding hydrogens is 356 g/mol. The van der Waals surface area contributed by atoms with Crippen LogP contribution in [0.1, 0.15) is 27.9 Å². The Morgan fingerprint density at radius 3 is 2.72 bits per heavy atom. The zero-order valence-corrected chi connectivity index (χ0v) is 15.9. The topological polar surface area (TPSA) is 42.4 Å². The van der Waals surface area contributed by atoms with E-state index in [9.17, 15) is 4.79 Å². The molecule has 0 unspecified atom stereocenters. The van der Waals surface area contributed by atoms with Crippen LogP contribution in [0, 0.1) is 6.92 Å². The number of rotatable bonds is 5. The van der Waals surface area contributed by atoms with Gasteiger partial charge < -0.3 is 9.64 Å². The highest BCUT2D eigenvalue weighted by molar-refractivity contribution is 7.16. The SMILES string of the molecule is CCN(Cc1ccc(Cl)s1)C(=O)c1cc2cc(OC)ccc2nc1C. The highest BCUT2D eigenvalue weighted by Crippen LogP contribution is 2.25. The lowest BCUT2D eigenvalue weighted by molar-refractivity contribution is 0.0753. The van der Waals surface area contributed by atoms with E-state index < -0.39 is 0 Å². The van der Waals surface area contributed by atoms with Gasteiger partial charge in [0.05, 0.1) is 34.8 Å². The predicted molar refractivity (Wildman–Crippen MR) is 103 cm³/mol. The lowest BCUT2D eigenvalue weighted by Gasteiger charge is -2.21. The number of nitrogens with zero attached hydrogens (tertiary/aromatic N) is 2. The molecule has 25 heavy (non-hydrogen) atoms. The smallest absolute Gasteiger partial charge is 0.256 e. The average Bonchev–Trinajstić information content (AvgIpc) is 3.03. The molecule has 0 spiro atoms. The number of pyridine rings is 1. The van der Waals surface area contributed by atoms with E-state index in [0.717, 1.165) is 31.6 Å². The van der Waals surface area contributed by atoms with Crippen LogP contribution in [0.15, 0.2) is 36.4 Å². The summed E-state index contributed by atoms with van der Waals surface area (Å²) < 4.78 is 6.00. The summed E-state index contributed by atoms with van der Waals surface area (Å²) in [6, 6.07) is 11.4. The summed E-state index contributed by atoms with van der Waals surface area (Å²) >= 11 is 7.49.